The molecule has 2 aromatic rings. The minimum absolute atomic E-state index is 0. The summed E-state index contributed by atoms with van der Waals surface area (Å²) in [6.45, 7) is 4.57. The van der Waals surface area contributed by atoms with Gasteiger partial charge in [0.15, 0.2) is 0 Å². The van der Waals surface area contributed by atoms with Gasteiger partial charge in [-0.15, -0.1) is 12.4 Å². The van der Waals surface area contributed by atoms with E-state index in [1.54, 1.807) is 6.07 Å². The Morgan fingerprint density at radius 3 is 2.73 bits per heavy atom. The third kappa shape index (κ3) is 4.96. The highest BCUT2D eigenvalue weighted by Crippen LogP contribution is 2.24. The number of amides is 1. The zero-order valence-electron chi connectivity index (χ0n) is 14.8. The summed E-state index contributed by atoms with van der Waals surface area (Å²) in [6, 6.07) is 14.0. The summed E-state index contributed by atoms with van der Waals surface area (Å²) < 4.78 is 19.0. The predicted molar refractivity (Wildman–Crippen MR) is 102 cm³/mol. The van der Waals surface area contributed by atoms with Crippen molar-refractivity contribution in [1.29, 1.82) is 0 Å². The lowest BCUT2D eigenvalue weighted by molar-refractivity contribution is -0.133. The van der Waals surface area contributed by atoms with Crippen LogP contribution >= 0.6 is 12.4 Å². The molecule has 0 saturated carbocycles. The lowest BCUT2D eigenvalue weighted by atomic mass is 10.0. The van der Waals surface area contributed by atoms with Crippen LogP contribution in [0, 0.1) is 5.82 Å². The van der Waals surface area contributed by atoms with Crippen LogP contribution in [0.3, 0.4) is 0 Å². The summed E-state index contributed by atoms with van der Waals surface area (Å²) >= 11 is 0. The number of nitrogens with one attached hydrogen (secondary N) is 1. The van der Waals surface area contributed by atoms with E-state index < -0.39 is 0 Å². The summed E-state index contributed by atoms with van der Waals surface area (Å²) in [6.07, 6.45) is 0.332. The highest BCUT2D eigenvalue weighted by atomic mass is 35.5. The Bertz CT molecular complexity index is 724. The maximum absolute atomic E-state index is 13.6. The predicted octanol–water partition coefficient (Wildman–Crippen LogP) is 3.36. The molecule has 1 N–H and O–H groups in total. The number of nitrogens with zero attached hydrogens (tertiary/aromatic N) is 1. The van der Waals surface area contributed by atoms with E-state index in [2.05, 4.69) is 5.32 Å². The standard InChI is InChI=1S/C20H23FN2O2.ClH/c1-2-25-18-8-6-15(7-9-18)12-20(24)23-11-10-22-14-19(23)16-4-3-5-17(21)13-16;/h3-9,13,19,22H,2,10-12,14H2,1H3;1H. The Morgan fingerprint density at radius 2 is 2.04 bits per heavy atom. The van der Waals surface area contributed by atoms with Crippen LogP contribution in [0.15, 0.2) is 48.5 Å². The van der Waals surface area contributed by atoms with E-state index in [0.717, 1.165) is 23.4 Å². The fourth-order valence-corrected chi connectivity index (χ4v) is 3.16. The second-order valence-corrected chi connectivity index (χ2v) is 6.12. The van der Waals surface area contributed by atoms with Crippen molar-refractivity contribution in [3.8, 4) is 5.75 Å². The minimum Gasteiger partial charge on any atom is -0.494 e. The van der Waals surface area contributed by atoms with Crippen molar-refractivity contribution in [2.45, 2.75) is 19.4 Å². The highest BCUT2D eigenvalue weighted by molar-refractivity contribution is 5.85. The number of piperazine rings is 1. The molecule has 1 saturated heterocycles. The third-order valence-corrected chi connectivity index (χ3v) is 4.39. The second kappa shape index (κ2) is 9.55. The van der Waals surface area contributed by atoms with Crippen LogP contribution < -0.4 is 10.1 Å². The zero-order chi connectivity index (χ0) is 17.6. The molecule has 6 heteroatoms. The molecule has 140 valence electrons. The van der Waals surface area contributed by atoms with Gasteiger partial charge in [-0.25, -0.2) is 4.39 Å². The van der Waals surface area contributed by atoms with Crippen LogP contribution in [0.1, 0.15) is 24.1 Å². The molecular formula is C20H24ClFN2O2. The van der Waals surface area contributed by atoms with Gasteiger partial charge in [0.25, 0.3) is 0 Å². The normalized spacial score (nSPS) is 16.7. The van der Waals surface area contributed by atoms with Crippen LogP contribution in [-0.4, -0.2) is 37.0 Å². The SMILES string of the molecule is CCOc1ccc(CC(=O)N2CCNCC2c2cccc(F)c2)cc1.Cl. The summed E-state index contributed by atoms with van der Waals surface area (Å²) in [5.74, 6) is 0.584. The fourth-order valence-electron chi connectivity index (χ4n) is 3.16. The molecule has 1 atom stereocenters. The van der Waals surface area contributed by atoms with E-state index in [0.29, 0.717) is 26.1 Å². The molecule has 0 bridgehead atoms. The van der Waals surface area contributed by atoms with Gasteiger partial charge in [0.2, 0.25) is 5.91 Å². The first-order chi connectivity index (χ1) is 12.2. The van der Waals surface area contributed by atoms with Crippen molar-refractivity contribution in [3.63, 3.8) is 0 Å². The molecule has 1 fully saturated rings. The molecule has 3 rings (SSSR count). The van der Waals surface area contributed by atoms with Gasteiger partial charge < -0.3 is 15.0 Å². The maximum atomic E-state index is 13.6. The van der Waals surface area contributed by atoms with Gasteiger partial charge in [-0.05, 0) is 42.3 Å². The molecular weight excluding hydrogens is 355 g/mol. The Hall–Kier alpha value is -2.11. The minimum atomic E-state index is -0.276. The molecule has 0 radical (unpaired) electrons. The van der Waals surface area contributed by atoms with E-state index >= 15 is 0 Å². The smallest absolute Gasteiger partial charge is 0.227 e. The largest absolute Gasteiger partial charge is 0.494 e. The second-order valence-electron chi connectivity index (χ2n) is 6.12. The number of ether oxygens (including phenoxy) is 1. The summed E-state index contributed by atoms with van der Waals surface area (Å²) in [5, 5.41) is 3.29. The number of carbonyl (C=O) groups is 1. The number of benzene rings is 2. The van der Waals surface area contributed by atoms with Crippen molar-refractivity contribution >= 4 is 18.3 Å². The molecule has 4 nitrogen and oxygen atoms in total. The van der Waals surface area contributed by atoms with Crippen LogP contribution in [0.2, 0.25) is 0 Å². The highest BCUT2D eigenvalue weighted by Gasteiger charge is 2.27. The molecule has 2 aromatic carbocycles. The van der Waals surface area contributed by atoms with E-state index in [-0.39, 0.29) is 30.2 Å². The average molecular weight is 379 g/mol. The first kappa shape index (κ1) is 20.2. The summed E-state index contributed by atoms with van der Waals surface area (Å²) in [7, 11) is 0. The number of hydrogen-bond donors (Lipinski definition) is 1. The molecule has 1 amide bonds. The molecule has 1 unspecified atom stereocenters. The van der Waals surface area contributed by atoms with E-state index in [1.165, 1.54) is 12.1 Å². The molecule has 0 aromatic heterocycles. The van der Waals surface area contributed by atoms with E-state index in [4.69, 9.17) is 4.74 Å². The monoisotopic (exact) mass is 378 g/mol. The maximum Gasteiger partial charge on any atom is 0.227 e. The first-order valence-electron chi connectivity index (χ1n) is 8.64. The van der Waals surface area contributed by atoms with Crippen molar-refractivity contribution < 1.29 is 13.9 Å². The quantitative estimate of drug-likeness (QED) is 0.867. The van der Waals surface area contributed by atoms with Crippen LogP contribution in [0.4, 0.5) is 4.39 Å². The first-order valence-corrected chi connectivity index (χ1v) is 8.64. The number of rotatable bonds is 5. The molecule has 0 aliphatic carbocycles. The third-order valence-electron chi connectivity index (χ3n) is 4.39. The lowest BCUT2D eigenvalue weighted by Gasteiger charge is -2.36. The van der Waals surface area contributed by atoms with Gasteiger partial charge >= 0.3 is 0 Å². The van der Waals surface area contributed by atoms with E-state index in [1.807, 2.05) is 42.2 Å². The number of carbonyl (C=O) groups excluding carboxylic acids is 1. The van der Waals surface area contributed by atoms with Gasteiger partial charge in [-0.1, -0.05) is 24.3 Å². The zero-order valence-corrected chi connectivity index (χ0v) is 15.6. The van der Waals surface area contributed by atoms with Crippen LogP contribution in [0.25, 0.3) is 0 Å². The van der Waals surface area contributed by atoms with Crippen molar-refractivity contribution in [2.24, 2.45) is 0 Å². The molecule has 1 aliphatic heterocycles. The molecule has 26 heavy (non-hydrogen) atoms. The van der Waals surface area contributed by atoms with Gasteiger partial charge in [0, 0.05) is 19.6 Å². The van der Waals surface area contributed by atoms with Crippen molar-refractivity contribution in [2.75, 3.05) is 26.2 Å². The summed E-state index contributed by atoms with van der Waals surface area (Å²) in [5.41, 5.74) is 1.78. The van der Waals surface area contributed by atoms with Crippen LogP contribution in [0.5, 0.6) is 5.75 Å². The van der Waals surface area contributed by atoms with Gasteiger partial charge in [-0.3, -0.25) is 4.79 Å². The van der Waals surface area contributed by atoms with Gasteiger partial charge in [0.1, 0.15) is 11.6 Å². The molecule has 1 aliphatic rings. The van der Waals surface area contributed by atoms with Crippen molar-refractivity contribution in [1.82, 2.24) is 10.2 Å². The van der Waals surface area contributed by atoms with Crippen molar-refractivity contribution in [3.05, 3.63) is 65.5 Å². The Balaban J connectivity index is 0.00000243. The Kier molecular flexibility index (Phi) is 7.42. The summed E-state index contributed by atoms with van der Waals surface area (Å²) in [4.78, 5) is 14.7. The van der Waals surface area contributed by atoms with E-state index in [9.17, 15) is 9.18 Å². The topological polar surface area (TPSA) is 41.6 Å². The number of halogens is 2. The Morgan fingerprint density at radius 1 is 1.27 bits per heavy atom. The van der Waals surface area contributed by atoms with Gasteiger partial charge in [0.05, 0.1) is 19.1 Å². The molecule has 0 spiro atoms. The fraction of sp³-hybridized carbons (Fsp3) is 0.350. The number of hydrogen-bond acceptors (Lipinski definition) is 3. The lowest BCUT2D eigenvalue weighted by Crippen LogP contribution is -2.49. The Labute approximate surface area is 159 Å². The van der Waals surface area contributed by atoms with Gasteiger partial charge in [-0.2, -0.15) is 0 Å². The molecule has 1 heterocycles. The van der Waals surface area contributed by atoms with Crippen LogP contribution in [-0.2, 0) is 11.2 Å². The average Bonchev–Trinajstić information content (AvgIpc) is 2.63.